The molecular weight excluding hydrogens is 278 g/mol. The Hall–Kier alpha value is -2.20. The Labute approximate surface area is 131 Å². The van der Waals surface area contributed by atoms with Gasteiger partial charge in [0.25, 0.3) is 0 Å². The highest BCUT2D eigenvalue weighted by Crippen LogP contribution is 2.19. The Morgan fingerprint density at radius 2 is 1.91 bits per heavy atom. The van der Waals surface area contributed by atoms with Crippen LogP contribution < -0.4 is 0 Å². The van der Waals surface area contributed by atoms with Crippen molar-refractivity contribution in [2.24, 2.45) is 0 Å². The van der Waals surface area contributed by atoms with Crippen LogP contribution in [-0.2, 0) is 20.9 Å². The smallest absolute Gasteiger partial charge is 0.341 e. The predicted octanol–water partition coefficient (Wildman–Crippen LogP) is 3.68. The molecule has 1 unspecified atom stereocenters. The van der Waals surface area contributed by atoms with Crippen LogP contribution in [0.15, 0.2) is 54.7 Å². The number of rotatable bonds is 8. The van der Waals surface area contributed by atoms with Gasteiger partial charge in [-0.15, -0.1) is 0 Å². The molecule has 2 aromatic rings. The van der Waals surface area contributed by atoms with E-state index in [1.54, 1.807) is 18.3 Å². The average molecular weight is 299 g/mol. The number of aromatic nitrogens is 1. The Balaban J connectivity index is 2.03. The van der Waals surface area contributed by atoms with E-state index in [2.05, 4.69) is 11.9 Å². The Morgan fingerprint density at radius 3 is 2.59 bits per heavy atom. The second-order valence-electron chi connectivity index (χ2n) is 4.95. The fourth-order valence-electron chi connectivity index (χ4n) is 1.95. The molecule has 1 aromatic heterocycles. The molecule has 0 N–H and O–H groups in total. The van der Waals surface area contributed by atoms with E-state index in [4.69, 9.17) is 9.47 Å². The Kier molecular flexibility index (Phi) is 6.58. The predicted molar refractivity (Wildman–Crippen MR) is 84.1 cm³/mol. The molecule has 0 saturated heterocycles. The molecule has 0 aliphatic heterocycles. The number of hydrogen-bond donors (Lipinski definition) is 0. The second-order valence-corrected chi connectivity index (χ2v) is 4.95. The molecule has 0 aliphatic rings. The van der Waals surface area contributed by atoms with Gasteiger partial charge in [-0.1, -0.05) is 49.7 Å². The molecule has 0 amide bonds. The van der Waals surface area contributed by atoms with Gasteiger partial charge in [0.15, 0.2) is 6.10 Å². The van der Waals surface area contributed by atoms with Crippen molar-refractivity contribution < 1.29 is 14.3 Å². The average Bonchev–Trinajstić information content (AvgIpc) is 2.57. The van der Waals surface area contributed by atoms with Crippen molar-refractivity contribution in [2.45, 2.75) is 32.5 Å². The van der Waals surface area contributed by atoms with Gasteiger partial charge in [-0.3, -0.25) is 4.98 Å². The molecule has 0 bridgehead atoms. The lowest BCUT2D eigenvalue weighted by Crippen LogP contribution is -2.20. The zero-order valence-electron chi connectivity index (χ0n) is 12.8. The molecule has 0 saturated carbocycles. The lowest BCUT2D eigenvalue weighted by Gasteiger charge is -2.16. The number of benzene rings is 1. The molecule has 0 aliphatic carbocycles. The molecule has 0 radical (unpaired) electrons. The highest BCUT2D eigenvalue weighted by molar-refractivity contribution is 5.75. The van der Waals surface area contributed by atoms with Gasteiger partial charge in [0.05, 0.1) is 18.9 Å². The van der Waals surface area contributed by atoms with Crippen LogP contribution in [0, 0.1) is 0 Å². The summed E-state index contributed by atoms with van der Waals surface area (Å²) in [5, 5.41) is 0. The summed E-state index contributed by atoms with van der Waals surface area (Å²) in [5.74, 6) is -0.386. The molecular formula is C18H21NO3. The molecule has 0 spiro atoms. The molecule has 4 heteroatoms. The summed E-state index contributed by atoms with van der Waals surface area (Å²) < 4.78 is 11.1. The number of nitrogens with zero attached hydrogens (tertiary/aromatic N) is 1. The van der Waals surface area contributed by atoms with Gasteiger partial charge in [-0.05, 0) is 24.1 Å². The summed E-state index contributed by atoms with van der Waals surface area (Å²) in [7, 11) is 0. The molecule has 22 heavy (non-hydrogen) atoms. The van der Waals surface area contributed by atoms with E-state index in [9.17, 15) is 4.79 Å². The van der Waals surface area contributed by atoms with Gasteiger partial charge in [-0.25, -0.2) is 4.79 Å². The van der Waals surface area contributed by atoms with Gasteiger partial charge >= 0.3 is 5.97 Å². The van der Waals surface area contributed by atoms with Gasteiger partial charge in [0.2, 0.25) is 0 Å². The fraction of sp³-hybridized carbons (Fsp3) is 0.333. The highest BCUT2D eigenvalue weighted by atomic mass is 16.6. The van der Waals surface area contributed by atoms with Crippen LogP contribution in [0.2, 0.25) is 0 Å². The monoisotopic (exact) mass is 299 g/mol. The van der Waals surface area contributed by atoms with Crippen LogP contribution in [0.4, 0.5) is 0 Å². The molecule has 116 valence electrons. The standard InChI is InChI=1S/C18H21NO3/c1-2-3-13-21-18(20)17(16-11-7-8-12-19-16)22-14-15-9-5-4-6-10-15/h4-12,17H,2-3,13-14H2,1H3. The quantitative estimate of drug-likeness (QED) is 0.551. The summed E-state index contributed by atoms with van der Waals surface area (Å²) in [6.07, 6.45) is 2.68. The van der Waals surface area contributed by atoms with E-state index in [0.29, 0.717) is 18.9 Å². The maximum atomic E-state index is 12.3. The molecule has 1 atom stereocenters. The minimum Gasteiger partial charge on any atom is -0.463 e. The third kappa shape index (κ3) is 4.97. The third-order valence-corrected chi connectivity index (χ3v) is 3.17. The fourth-order valence-corrected chi connectivity index (χ4v) is 1.95. The van der Waals surface area contributed by atoms with E-state index in [0.717, 1.165) is 18.4 Å². The van der Waals surface area contributed by atoms with Gasteiger partial charge in [-0.2, -0.15) is 0 Å². The number of carbonyl (C=O) groups is 1. The zero-order valence-corrected chi connectivity index (χ0v) is 12.8. The summed E-state index contributed by atoms with van der Waals surface area (Å²) in [6.45, 7) is 2.80. The maximum Gasteiger partial charge on any atom is 0.341 e. The number of pyridine rings is 1. The summed E-state index contributed by atoms with van der Waals surface area (Å²) in [6, 6.07) is 15.1. The lowest BCUT2D eigenvalue weighted by molar-refractivity contribution is -0.159. The summed E-state index contributed by atoms with van der Waals surface area (Å²) in [5.41, 5.74) is 1.57. The van der Waals surface area contributed by atoms with Crippen molar-refractivity contribution in [3.05, 3.63) is 66.0 Å². The highest BCUT2D eigenvalue weighted by Gasteiger charge is 2.24. The second kappa shape index (κ2) is 8.95. The molecule has 4 nitrogen and oxygen atoms in total. The molecule has 1 aromatic carbocycles. The lowest BCUT2D eigenvalue weighted by atomic mass is 10.2. The van der Waals surface area contributed by atoms with E-state index < -0.39 is 6.10 Å². The van der Waals surface area contributed by atoms with Crippen LogP contribution in [0.5, 0.6) is 0 Å². The SMILES string of the molecule is CCCCOC(=O)C(OCc1ccccc1)c1ccccn1. The number of esters is 1. The van der Waals surface area contributed by atoms with E-state index in [1.807, 2.05) is 36.4 Å². The first-order chi connectivity index (χ1) is 10.8. The first-order valence-electron chi connectivity index (χ1n) is 7.54. The Morgan fingerprint density at radius 1 is 1.14 bits per heavy atom. The minimum atomic E-state index is -0.793. The van der Waals surface area contributed by atoms with Crippen LogP contribution in [0.25, 0.3) is 0 Å². The van der Waals surface area contributed by atoms with Crippen molar-refractivity contribution in [3.8, 4) is 0 Å². The van der Waals surface area contributed by atoms with Crippen molar-refractivity contribution >= 4 is 5.97 Å². The number of unbranched alkanes of at least 4 members (excludes halogenated alkanes) is 1. The van der Waals surface area contributed by atoms with Gasteiger partial charge in [0.1, 0.15) is 0 Å². The molecule has 0 fully saturated rings. The maximum absolute atomic E-state index is 12.3. The molecule has 1 heterocycles. The zero-order chi connectivity index (χ0) is 15.6. The van der Waals surface area contributed by atoms with Crippen LogP contribution in [0.3, 0.4) is 0 Å². The molecule has 2 rings (SSSR count). The number of hydrogen-bond acceptors (Lipinski definition) is 4. The summed E-state index contributed by atoms with van der Waals surface area (Å²) >= 11 is 0. The number of ether oxygens (including phenoxy) is 2. The first-order valence-corrected chi connectivity index (χ1v) is 7.54. The summed E-state index contributed by atoms with van der Waals surface area (Å²) in [4.78, 5) is 16.5. The third-order valence-electron chi connectivity index (χ3n) is 3.17. The van der Waals surface area contributed by atoms with Crippen molar-refractivity contribution in [2.75, 3.05) is 6.61 Å². The van der Waals surface area contributed by atoms with Crippen molar-refractivity contribution in [1.82, 2.24) is 4.98 Å². The van der Waals surface area contributed by atoms with Crippen molar-refractivity contribution in [1.29, 1.82) is 0 Å². The van der Waals surface area contributed by atoms with Gasteiger partial charge in [0, 0.05) is 6.20 Å². The topological polar surface area (TPSA) is 48.4 Å². The van der Waals surface area contributed by atoms with E-state index in [1.165, 1.54) is 0 Å². The van der Waals surface area contributed by atoms with Crippen LogP contribution in [0.1, 0.15) is 37.1 Å². The van der Waals surface area contributed by atoms with Crippen LogP contribution in [-0.4, -0.2) is 17.6 Å². The Bertz CT molecular complexity index is 557. The van der Waals surface area contributed by atoms with Gasteiger partial charge < -0.3 is 9.47 Å². The van der Waals surface area contributed by atoms with Crippen molar-refractivity contribution in [3.63, 3.8) is 0 Å². The minimum absolute atomic E-state index is 0.338. The first kappa shape index (κ1) is 16.2. The van der Waals surface area contributed by atoms with E-state index >= 15 is 0 Å². The van der Waals surface area contributed by atoms with Crippen LogP contribution >= 0.6 is 0 Å². The normalized spacial score (nSPS) is 11.9. The number of carbonyl (C=O) groups excluding carboxylic acids is 1. The largest absolute Gasteiger partial charge is 0.463 e. The van der Waals surface area contributed by atoms with E-state index in [-0.39, 0.29) is 5.97 Å².